The molecule has 8 heteroatoms. The van der Waals surface area contributed by atoms with E-state index >= 15 is 0 Å². The summed E-state index contributed by atoms with van der Waals surface area (Å²) in [5.41, 5.74) is 2.45. The maximum absolute atomic E-state index is 11.4. The summed E-state index contributed by atoms with van der Waals surface area (Å²) in [5, 5.41) is 11.9. The zero-order valence-corrected chi connectivity index (χ0v) is 11.0. The summed E-state index contributed by atoms with van der Waals surface area (Å²) >= 11 is 1.40. The van der Waals surface area contributed by atoms with Crippen LogP contribution in [0.2, 0.25) is 0 Å². The number of nitrogens with two attached hydrogens (primary N) is 1. The van der Waals surface area contributed by atoms with Crippen LogP contribution >= 0.6 is 11.3 Å². The van der Waals surface area contributed by atoms with E-state index in [-0.39, 0.29) is 11.8 Å². The number of rotatable bonds is 6. The third kappa shape index (κ3) is 4.25. The van der Waals surface area contributed by atoms with Gasteiger partial charge < -0.3 is 5.32 Å². The standard InChI is InChI=1S/C9H18N6OS/c1-6(8(16)11-2)4-15(3)5-7-13-14-9(12-10)17-7/h6H,4-5,10H2,1-3H3,(H,11,16)(H,12,14). The highest BCUT2D eigenvalue weighted by Crippen LogP contribution is 2.15. The molecule has 1 aromatic heterocycles. The Morgan fingerprint density at radius 2 is 2.29 bits per heavy atom. The van der Waals surface area contributed by atoms with Gasteiger partial charge in [0.05, 0.1) is 6.54 Å². The molecule has 17 heavy (non-hydrogen) atoms. The first kappa shape index (κ1) is 13.8. The fourth-order valence-corrected chi connectivity index (χ4v) is 2.20. The third-order valence-corrected chi connectivity index (χ3v) is 3.11. The monoisotopic (exact) mass is 258 g/mol. The number of aromatic nitrogens is 2. The molecule has 96 valence electrons. The van der Waals surface area contributed by atoms with Gasteiger partial charge in [-0.05, 0) is 7.05 Å². The Labute approximate surface area is 104 Å². The van der Waals surface area contributed by atoms with Gasteiger partial charge in [0.1, 0.15) is 5.01 Å². The first-order valence-corrected chi connectivity index (χ1v) is 6.07. The third-order valence-electron chi connectivity index (χ3n) is 2.28. The summed E-state index contributed by atoms with van der Waals surface area (Å²) in [6, 6.07) is 0. The second-order valence-corrected chi connectivity index (χ2v) is 4.92. The average Bonchev–Trinajstić information content (AvgIpc) is 2.75. The second kappa shape index (κ2) is 6.48. The Kier molecular flexibility index (Phi) is 5.26. The van der Waals surface area contributed by atoms with Crippen molar-refractivity contribution >= 4 is 22.4 Å². The van der Waals surface area contributed by atoms with Crippen LogP contribution in [0.5, 0.6) is 0 Å². The number of hydrogen-bond acceptors (Lipinski definition) is 7. The zero-order valence-electron chi connectivity index (χ0n) is 10.2. The Morgan fingerprint density at radius 3 is 2.82 bits per heavy atom. The van der Waals surface area contributed by atoms with Gasteiger partial charge in [0.2, 0.25) is 11.0 Å². The van der Waals surface area contributed by atoms with Crippen LogP contribution in [0.4, 0.5) is 5.13 Å². The zero-order chi connectivity index (χ0) is 12.8. The summed E-state index contributed by atoms with van der Waals surface area (Å²) in [6.45, 7) is 3.22. The van der Waals surface area contributed by atoms with E-state index in [4.69, 9.17) is 5.84 Å². The Morgan fingerprint density at radius 1 is 1.59 bits per heavy atom. The van der Waals surface area contributed by atoms with Crippen molar-refractivity contribution in [2.24, 2.45) is 11.8 Å². The minimum absolute atomic E-state index is 0.0402. The van der Waals surface area contributed by atoms with Crippen LogP contribution in [-0.4, -0.2) is 41.6 Å². The molecule has 0 aliphatic rings. The van der Waals surface area contributed by atoms with Crippen molar-refractivity contribution in [3.63, 3.8) is 0 Å². The van der Waals surface area contributed by atoms with Crippen molar-refractivity contribution in [3.05, 3.63) is 5.01 Å². The smallest absolute Gasteiger partial charge is 0.223 e. The predicted molar refractivity (Wildman–Crippen MR) is 67.3 cm³/mol. The highest BCUT2D eigenvalue weighted by molar-refractivity contribution is 7.15. The minimum Gasteiger partial charge on any atom is -0.359 e. The maximum Gasteiger partial charge on any atom is 0.223 e. The highest BCUT2D eigenvalue weighted by atomic mass is 32.1. The van der Waals surface area contributed by atoms with Gasteiger partial charge in [-0.25, -0.2) is 5.84 Å². The van der Waals surface area contributed by atoms with E-state index in [2.05, 4.69) is 20.9 Å². The van der Waals surface area contributed by atoms with Gasteiger partial charge in [-0.1, -0.05) is 18.3 Å². The van der Waals surface area contributed by atoms with E-state index in [0.717, 1.165) is 5.01 Å². The van der Waals surface area contributed by atoms with Crippen LogP contribution in [0.15, 0.2) is 0 Å². The molecule has 0 bridgehead atoms. The molecule has 1 amide bonds. The summed E-state index contributed by atoms with van der Waals surface area (Å²) in [7, 11) is 3.58. The van der Waals surface area contributed by atoms with Gasteiger partial charge in [-0.3, -0.25) is 15.1 Å². The van der Waals surface area contributed by atoms with Crippen LogP contribution in [-0.2, 0) is 11.3 Å². The molecule has 0 aliphatic heterocycles. The highest BCUT2D eigenvalue weighted by Gasteiger charge is 2.14. The quantitative estimate of drug-likeness (QED) is 0.476. The molecule has 0 aromatic carbocycles. The topological polar surface area (TPSA) is 96.2 Å². The molecule has 0 saturated carbocycles. The minimum atomic E-state index is -0.0509. The van der Waals surface area contributed by atoms with Crippen LogP contribution in [0, 0.1) is 5.92 Å². The van der Waals surface area contributed by atoms with Crippen molar-refractivity contribution in [1.82, 2.24) is 20.4 Å². The summed E-state index contributed by atoms with van der Waals surface area (Å²) in [6.07, 6.45) is 0. The van der Waals surface area contributed by atoms with E-state index in [1.54, 1.807) is 7.05 Å². The van der Waals surface area contributed by atoms with Gasteiger partial charge in [0.25, 0.3) is 0 Å². The van der Waals surface area contributed by atoms with Crippen molar-refractivity contribution in [2.45, 2.75) is 13.5 Å². The lowest BCUT2D eigenvalue weighted by Gasteiger charge is -2.18. The molecule has 1 aromatic rings. The lowest BCUT2D eigenvalue weighted by molar-refractivity contribution is -0.124. The first-order chi connectivity index (χ1) is 8.06. The first-order valence-electron chi connectivity index (χ1n) is 5.26. The molecule has 0 fully saturated rings. The van der Waals surface area contributed by atoms with Crippen LogP contribution in [0.25, 0.3) is 0 Å². The molecule has 1 heterocycles. The predicted octanol–water partition coefficient (Wildman–Crippen LogP) is -0.362. The molecular weight excluding hydrogens is 240 g/mol. The number of hydrazine groups is 1. The number of amides is 1. The second-order valence-electron chi connectivity index (χ2n) is 3.86. The van der Waals surface area contributed by atoms with E-state index in [9.17, 15) is 4.79 Å². The summed E-state index contributed by atoms with van der Waals surface area (Å²) < 4.78 is 0. The van der Waals surface area contributed by atoms with Crippen LogP contribution < -0.4 is 16.6 Å². The van der Waals surface area contributed by atoms with E-state index in [1.807, 2.05) is 18.9 Å². The number of carbonyl (C=O) groups is 1. The van der Waals surface area contributed by atoms with E-state index < -0.39 is 0 Å². The van der Waals surface area contributed by atoms with Gasteiger partial charge in [-0.2, -0.15) is 0 Å². The summed E-state index contributed by atoms with van der Waals surface area (Å²) in [5.74, 6) is 5.21. The molecule has 1 atom stereocenters. The maximum atomic E-state index is 11.4. The average molecular weight is 258 g/mol. The Bertz CT molecular complexity index is 368. The van der Waals surface area contributed by atoms with Crippen molar-refractivity contribution in [3.8, 4) is 0 Å². The van der Waals surface area contributed by atoms with Crippen molar-refractivity contribution < 1.29 is 4.79 Å². The van der Waals surface area contributed by atoms with E-state index in [1.165, 1.54) is 11.3 Å². The lowest BCUT2D eigenvalue weighted by Crippen LogP contribution is -2.34. The number of nitrogens with zero attached hydrogens (tertiary/aromatic N) is 3. The fourth-order valence-electron chi connectivity index (χ4n) is 1.47. The molecule has 0 saturated heterocycles. The molecule has 4 N–H and O–H groups in total. The van der Waals surface area contributed by atoms with Crippen molar-refractivity contribution in [2.75, 3.05) is 26.1 Å². The van der Waals surface area contributed by atoms with Gasteiger partial charge in [0, 0.05) is 19.5 Å². The normalized spacial score (nSPS) is 12.5. The van der Waals surface area contributed by atoms with E-state index in [0.29, 0.717) is 18.2 Å². The number of anilines is 1. The molecule has 1 rings (SSSR count). The molecule has 0 spiro atoms. The summed E-state index contributed by atoms with van der Waals surface area (Å²) in [4.78, 5) is 13.4. The molecule has 0 aliphatic carbocycles. The molecule has 7 nitrogen and oxygen atoms in total. The molecular formula is C9H18N6OS. The molecule has 1 unspecified atom stereocenters. The lowest BCUT2D eigenvalue weighted by atomic mass is 10.1. The number of carbonyl (C=O) groups excluding carboxylic acids is 1. The molecule has 0 radical (unpaired) electrons. The number of nitrogen functional groups attached to an aromatic ring is 1. The van der Waals surface area contributed by atoms with Gasteiger partial charge in [0.15, 0.2) is 0 Å². The van der Waals surface area contributed by atoms with Crippen LogP contribution in [0.1, 0.15) is 11.9 Å². The fraction of sp³-hybridized carbons (Fsp3) is 0.667. The number of nitrogens with one attached hydrogen (secondary N) is 2. The number of hydrogen-bond donors (Lipinski definition) is 3. The van der Waals surface area contributed by atoms with Crippen molar-refractivity contribution in [1.29, 1.82) is 0 Å². The largest absolute Gasteiger partial charge is 0.359 e. The Hall–Kier alpha value is -1.25. The SMILES string of the molecule is CNC(=O)C(C)CN(C)Cc1nnc(NN)s1. The van der Waals surface area contributed by atoms with Gasteiger partial charge in [-0.15, -0.1) is 10.2 Å². The Balaban J connectivity index is 2.43. The van der Waals surface area contributed by atoms with Gasteiger partial charge >= 0.3 is 0 Å². The van der Waals surface area contributed by atoms with Crippen LogP contribution in [0.3, 0.4) is 0 Å².